The van der Waals surface area contributed by atoms with E-state index in [4.69, 9.17) is 32.7 Å². The molecule has 19 heavy (non-hydrogen) atoms. The number of quaternary nitrogens is 1. The summed E-state index contributed by atoms with van der Waals surface area (Å²) in [5.74, 6) is 0.767. The van der Waals surface area contributed by atoms with Gasteiger partial charge >= 0.3 is 0 Å². The zero-order valence-electron chi connectivity index (χ0n) is 11.3. The molecule has 0 bridgehead atoms. The molecular weight excluding hydrogens is 285 g/mol. The van der Waals surface area contributed by atoms with Crippen molar-refractivity contribution in [2.75, 3.05) is 26.2 Å². The Hall–Kier alpha value is -0.480. The summed E-state index contributed by atoms with van der Waals surface area (Å²) in [6.07, 6.45) is 0.646. The first-order chi connectivity index (χ1) is 9.04. The van der Waals surface area contributed by atoms with Gasteiger partial charge in [0, 0.05) is 6.07 Å². The maximum absolute atomic E-state index is 5.95. The lowest BCUT2D eigenvalue weighted by Gasteiger charge is -2.32. The summed E-state index contributed by atoms with van der Waals surface area (Å²) >= 11 is 11.8. The topological polar surface area (TPSA) is 22.9 Å². The first-order valence-corrected chi connectivity index (χ1v) is 7.37. The van der Waals surface area contributed by atoms with Crippen molar-refractivity contribution in [3.05, 3.63) is 28.2 Å². The second kappa shape index (κ2) is 6.80. The summed E-state index contributed by atoms with van der Waals surface area (Å²) in [5.41, 5.74) is 0. The van der Waals surface area contributed by atoms with Gasteiger partial charge in [0.1, 0.15) is 44.2 Å². The molecule has 1 aliphatic heterocycles. The van der Waals surface area contributed by atoms with Crippen LogP contribution in [0.2, 0.25) is 10.0 Å². The highest BCUT2D eigenvalue weighted by Gasteiger charge is 2.25. The Labute approximate surface area is 124 Å². The molecule has 0 aliphatic carbocycles. The molecule has 2 atom stereocenters. The number of halogens is 2. The van der Waals surface area contributed by atoms with Crippen LogP contribution in [0.15, 0.2) is 18.2 Å². The van der Waals surface area contributed by atoms with Crippen LogP contribution in [0.4, 0.5) is 0 Å². The van der Waals surface area contributed by atoms with Crippen molar-refractivity contribution in [1.82, 2.24) is 0 Å². The van der Waals surface area contributed by atoms with Crippen LogP contribution in [0, 0.1) is 0 Å². The minimum Gasteiger partial charge on any atom is -0.488 e. The van der Waals surface area contributed by atoms with Gasteiger partial charge in [0.15, 0.2) is 0 Å². The Balaban J connectivity index is 1.78. The van der Waals surface area contributed by atoms with Gasteiger partial charge in [0.25, 0.3) is 0 Å². The Bertz CT molecular complexity index is 418. The third-order valence-electron chi connectivity index (χ3n) is 3.23. The minimum atomic E-state index is 0.323. The van der Waals surface area contributed by atoms with E-state index in [1.165, 1.54) is 4.90 Å². The van der Waals surface area contributed by atoms with E-state index in [1.54, 1.807) is 12.1 Å². The standard InChI is InChI=1S/C14H19Cl2NO2/c1-10-8-17(9-11(2)19-10)5-6-18-12-3-4-13(15)14(16)7-12/h3-4,7,10-11H,5-6,8-9H2,1-2H3/p+1/t10-,11-/m0/s1. The zero-order chi connectivity index (χ0) is 13.8. The van der Waals surface area contributed by atoms with Gasteiger partial charge in [0.2, 0.25) is 0 Å². The molecule has 1 aliphatic rings. The average molecular weight is 305 g/mol. The molecule has 0 unspecified atom stereocenters. The molecule has 3 nitrogen and oxygen atoms in total. The van der Waals surface area contributed by atoms with Crippen molar-refractivity contribution >= 4 is 23.2 Å². The van der Waals surface area contributed by atoms with E-state index in [0.717, 1.165) is 25.4 Å². The molecule has 1 saturated heterocycles. The molecule has 0 amide bonds. The van der Waals surface area contributed by atoms with Crippen molar-refractivity contribution in [3.8, 4) is 5.75 Å². The number of hydrogen-bond acceptors (Lipinski definition) is 2. The lowest BCUT2D eigenvalue weighted by atomic mass is 10.2. The fraction of sp³-hybridized carbons (Fsp3) is 0.571. The summed E-state index contributed by atoms with van der Waals surface area (Å²) in [4.78, 5) is 1.52. The smallest absolute Gasteiger partial charge is 0.137 e. The Morgan fingerprint density at radius 3 is 2.53 bits per heavy atom. The van der Waals surface area contributed by atoms with Crippen molar-refractivity contribution in [2.24, 2.45) is 0 Å². The highest BCUT2D eigenvalue weighted by molar-refractivity contribution is 6.42. The third-order valence-corrected chi connectivity index (χ3v) is 3.97. The zero-order valence-corrected chi connectivity index (χ0v) is 12.8. The summed E-state index contributed by atoms with van der Waals surface area (Å²) < 4.78 is 11.4. The van der Waals surface area contributed by atoms with Crippen molar-refractivity contribution in [3.63, 3.8) is 0 Å². The summed E-state index contributed by atoms with van der Waals surface area (Å²) in [6, 6.07) is 5.35. The van der Waals surface area contributed by atoms with Gasteiger partial charge in [-0.2, -0.15) is 0 Å². The Morgan fingerprint density at radius 2 is 1.89 bits per heavy atom. The molecule has 0 spiro atoms. The molecule has 0 radical (unpaired) electrons. The van der Waals surface area contributed by atoms with E-state index in [0.29, 0.717) is 28.9 Å². The molecule has 1 aromatic rings. The molecule has 1 N–H and O–H groups in total. The number of rotatable bonds is 4. The number of morpholine rings is 1. The van der Waals surface area contributed by atoms with Gasteiger partial charge in [0.05, 0.1) is 10.0 Å². The van der Waals surface area contributed by atoms with Gasteiger partial charge in [-0.3, -0.25) is 0 Å². The number of hydrogen-bond donors (Lipinski definition) is 1. The maximum Gasteiger partial charge on any atom is 0.137 e. The van der Waals surface area contributed by atoms with Crippen LogP contribution in [0.25, 0.3) is 0 Å². The summed E-state index contributed by atoms with van der Waals surface area (Å²) in [6.45, 7) is 7.96. The third kappa shape index (κ3) is 4.53. The highest BCUT2D eigenvalue weighted by atomic mass is 35.5. The molecule has 106 valence electrons. The monoisotopic (exact) mass is 304 g/mol. The minimum absolute atomic E-state index is 0.323. The fourth-order valence-electron chi connectivity index (χ4n) is 2.47. The highest BCUT2D eigenvalue weighted by Crippen LogP contribution is 2.26. The van der Waals surface area contributed by atoms with E-state index in [-0.39, 0.29) is 0 Å². The lowest BCUT2D eigenvalue weighted by Crippen LogP contribution is -3.16. The Morgan fingerprint density at radius 1 is 1.21 bits per heavy atom. The quantitative estimate of drug-likeness (QED) is 0.920. The van der Waals surface area contributed by atoms with E-state index < -0.39 is 0 Å². The predicted octanol–water partition coefficient (Wildman–Crippen LogP) is 2.06. The van der Waals surface area contributed by atoms with Crippen LogP contribution in [0.3, 0.4) is 0 Å². The van der Waals surface area contributed by atoms with Gasteiger partial charge in [-0.1, -0.05) is 23.2 Å². The molecule has 0 saturated carbocycles. The maximum atomic E-state index is 5.95. The van der Waals surface area contributed by atoms with Crippen LogP contribution < -0.4 is 9.64 Å². The summed E-state index contributed by atoms with van der Waals surface area (Å²) in [7, 11) is 0. The predicted molar refractivity (Wildman–Crippen MR) is 77.5 cm³/mol. The van der Waals surface area contributed by atoms with Gasteiger partial charge in [-0.15, -0.1) is 0 Å². The van der Waals surface area contributed by atoms with Crippen LogP contribution in [0.1, 0.15) is 13.8 Å². The van der Waals surface area contributed by atoms with Gasteiger partial charge < -0.3 is 14.4 Å². The molecule has 2 rings (SSSR count). The molecule has 1 fully saturated rings. The van der Waals surface area contributed by atoms with E-state index in [9.17, 15) is 0 Å². The Kier molecular flexibility index (Phi) is 5.34. The SMILES string of the molecule is C[C@H]1C[NH+](CCOc2ccc(Cl)c(Cl)c2)C[C@H](C)O1. The molecular formula is C14H20Cl2NO2+. The molecule has 1 aromatic carbocycles. The fourth-order valence-corrected chi connectivity index (χ4v) is 2.76. The largest absolute Gasteiger partial charge is 0.488 e. The van der Waals surface area contributed by atoms with Crippen LogP contribution in [-0.4, -0.2) is 38.4 Å². The number of ether oxygens (including phenoxy) is 2. The van der Waals surface area contributed by atoms with E-state index in [1.807, 2.05) is 6.07 Å². The number of benzene rings is 1. The molecule has 1 heterocycles. The van der Waals surface area contributed by atoms with Crippen molar-refractivity contribution in [1.29, 1.82) is 0 Å². The van der Waals surface area contributed by atoms with Crippen LogP contribution in [-0.2, 0) is 4.74 Å². The molecule has 0 aromatic heterocycles. The second-order valence-corrected chi connectivity index (χ2v) is 5.90. The van der Waals surface area contributed by atoms with E-state index >= 15 is 0 Å². The normalized spacial score (nSPS) is 27.3. The summed E-state index contributed by atoms with van der Waals surface area (Å²) in [5, 5.41) is 1.08. The molecule has 5 heteroatoms. The van der Waals surface area contributed by atoms with E-state index in [2.05, 4.69) is 13.8 Å². The van der Waals surface area contributed by atoms with Crippen LogP contribution in [0.5, 0.6) is 5.75 Å². The van der Waals surface area contributed by atoms with Gasteiger partial charge in [-0.25, -0.2) is 0 Å². The second-order valence-electron chi connectivity index (χ2n) is 5.09. The van der Waals surface area contributed by atoms with Crippen molar-refractivity contribution < 1.29 is 14.4 Å². The van der Waals surface area contributed by atoms with Crippen LogP contribution >= 0.6 is 23.2 Å². The lowest BCUT2D eigenvalue weighted by molar-refractivity contribution is -0.915. The van der Waals surface area contributed by atoms with Crippen molar-refractivity contribution in [2.45, 2.75) is 26.1 Å². The average Bonchev–Trinajstić information content (AvgIpc) is 2.32. The first-order valence-electron chi connectivity index (χ1n) is 6.61. The first kappa shape index (κ1) is 14.9. The number of nitrogens with one attached hydrogen (secondary N) is 1. The van der Waals surface area contributed by atoms with Gasteiger partial charge in [-0.05, 0) is 26.0 Å².